The number of hydrogen-bond donors (Lipinski definition) is 3. The standard InChI is InChI=1S/C17H24N2O4/c1-16(2)12-18-9-8-17(16,10-14(20)21)19-15(22)23-11-13-6-4-3-5-7-13/h3-7,18H,8-12H2,1-2H3,(H,19,22)(H,20,21). The number of carboxylic acid groups (broad SMARTS) is 1. The van der Waals surface area contributed by atoms with Crippen LogP contribution in [0.4, 0.5) is 4.79 Å². The number of piperidine rings is 1. The molecular weight excluding hydrogens is 296 g/mol. The lowest BCUT2D eigenvalue weighted by Crippen LogP contribution is -2.65. The van der Waals surface area contributed by atoms with Crippen LogP contribution >= 0.6 is 0 Å². The first kappa shape index (κ1) is 17.3. The molecule has 1 fully saturated rings. The molecule has 0 aromatic heterocycles. The second-order valence-corrected chi connectivity index (χ2v) is 6.65. The predicted octanol–water partition coefficient (Wildman–Crippen LogP) is 2.15. The summed E-state index contributed by atoms with van der Waals surface area (Å²) in [6, 6.07) is 9.38. The van der Waals surface area contributed by atoms with Gasteiger partial charge in [0.2, 0.25) is 0 Å². The third-order valence-corrected chi connectivity index (χ3v) is 4.60. The zero-order valence-corrected chi connectivity index (χ0v) is 13.6. The third kappa shape index (κ3) is 4.22. The van der Waals surface area contributed by atoms with Crippen LogP contribution in [0.15, 0.2) is 30.3 Å². The Balaban J connectivity index is 2.05. The summed E-state index contributed by atoms with van der Waals surface area (Å²) in [5.41, 5.74) is -0.327. The van der Waals surface area contributed by atoms with E-state index >= 15 is 0 Å². The first-order valence-electron chi connectivity index (χ1n) is 7.76. The second-order valence-electron chi connectivity index (χ2n) is 6.65. The molecule has 23 heavy (non-hydrogen) atoms. The van der Waals surface area contributed by atoms with E-state index in [0.29, 0.717) is 19.5 Å². The molecule has 0 spiro atoms. The summed E-state index contributed by atoms with van der Waals surface area (Å²) < 4.78 is 5.27. The summed E-state index contributed by atoms with van der Waals surface area (Å²) in [6.07, 6.45) is -0.153. The molecule has 1 saturated heterocycles. The van der Waals surface area contributed by atoms with Crippen molar-refractivity contribution < 1.29 is 19.4 Å². The van der Waals surface area contributed by atoms with Gasteiger partial charge in [-0.2, -0.15) is 0 Å². The number of nitrogens with one attached hydrogen (secondary N) is 2. The van der Waals surface area contributed by atoms with Crippen molar-refractivity contribution in [3.8, 4) is 0 Å². The minimum Gasteiger partial charge on any atom is -0.481 e. The van der Waals surface area contributed by atoms with Gasteiger partial charge in [-0.25, -0.2) is 4.79 Å². The Morgan fingerprint density at radius 3 is 2.61 bits per heavy atom. The van der Waals surface area contributed by atoms with Crippen molar-refractivity contribution in [3.63, 3.8) is 0 Å². The number of rotatable bonds is 5. The maximum absolute atomic E-state index is 12.2. The van der Waals surface area contributed by atoms with Crippen molar-refractivity contribution in [1.29, 1.82) is 0 Å². The normalized spacial score (nSPS) is 23.0. The third-order valence-electron chi connectivity index (χ3n) is 4.60. The van der Waals surface area contributed by atoms with E-state index in [-0.39, 0.29) is 13.0 Å². The Labute approximate surface area is 136 Å². The number of aliphatic carboxylic acids is 1. The molecule has 2 rings (SSSR count). The predicted molar refractivity (Wildman–Crippen MR) is 86.0 cm³/mol. The molecule has 0 aliphatic carbocycles. The fourth-order valence-corrected chi connectivity index (χ4v) is 3.03. The fourth-order valence-electron chi connectivity index (χ4n) is 3.03. The van der Waals surface area contributed by atoms with Crippen molar-refractivity contribution in [2.24, 2.45) is 5.41 Å². The highest BCUT2D eigenvalue weighted by molar-refractivity contribution is 5.73. The van der Waals surface area contributed by atoms with Crippen LogP contribution in [0.2, 0.25) is 0 Å². The Hall–Kier alpha value is -2.08. The van der Waals surface area contributed by atoms with E-state index < -0.39 is 23.0 Å². The van der Waals surface area contributed by atoms with Crippen LogP contribution in [0.3, 0.4) is 0 Å². The first-order valence-corrected chi connectivity index (χ1v) is 7.76. The van der Waals surface area contributed by atoms with Crippen molar-refractivity contribution in [2.75, 3.05) is 13.1 Å². The molecule has 1 aliphatic heterocycles. The summed E-state index contributed by atoms with van der Waals surface area (Å²) in [5, 5.41) is 15.4. The zero-order valence-electron chi connectivity index (χ0n) is 13.6. The van der Waals surface area contributed by atoms with Crippen LogP contribution in [-0.4, -0.2) is 35.8 Å². The van der Waals surface area contributed by atoms with Crippen molar-refractivity contribution >= 4 is 12.1 Å². The number of alkyl carbamates (subject to hydrolysis) is 1. The number of carbonyl (C=O) groups is 2. The summed E-state index contributed by atoms with van der Waals surface area (Å²) >= 11 is 0. The lowest BCUT2D eigenvalue weighted by molar-refractivity contribution is -0.140. The summed E-state index contributed by atoms with van der Waals surface area (Å²) in [6.45, 7) is 5.38. The van der Waals surface area contributed by atoms with Gasteiger partial charge in [0.25, 0.3) is 0 Å². The lowest BCUT2D eigenvalue weighted by Gasteiger charge is -2.49. The van der Waals surface area contributed by atoms with E-state index in [1.54, 1.807) is 0 Å². The Morgan fingerprint density at radius 2 is 2.00 bits per heavy atom. The van der Waals surface area contributed by atoms with Gasteiger partial charge in [0.05, 0.1) is 12.0 Å². The highest BCUT2D eigenvalue weighted by Crippen LogP contribution is 2.38. The topological polar surface area (TPSA) is 87.7 Å². The van der Waals surface area contributed by atoms with Crippen molar-refractivity contribution in [2.45, 2.75) is 38.8 Å². The SMILES string of the molecule is CC1(C)CNCCC1(CC(=O)O)NC(=O)OCc1ccccc1. The molecular formula is C17H24N2O4. The molecule has 1 aromatic carbocycles. The summed E-state index contributed by atoms with van der Waals surface area (Å²) in [4.78, 5) is 23.5. The molecule has 126 valence electrons. The van der Waals surface area contributed by atoms with Gasteiger partial charge in [-0.15, -0.1) is 0 Å². The molecule has 1 aromatic rings. The molecule has 3 N–H and O–H groups in total. The maximum Gasteiger partial charge on any atom is 0.407 e. The smallest absolute Gasteiger partial charge is 0.407 e. The molecule has 6 nitrogen and oxygen atoms in total. The monoisotopic (exact) mass is 320 g/mol. The largest absolute Gasteiger partial charge is 0.481 e. The number of carboxylic acids is 1. The minimum atomic E-state index is -0.927. The number of ether oxygens (including phenoxy) is 1. The van der Waals surface area contributed by atoms with E-state index in [2.05, 4.69) is 10.6 Å². The molecule has 1 amide bonds. The van der Waals surface area contributed by atoms with E-state index in [4.69, 9.17) is 4.74 Å². The van der Waals surface area contributed by atoms with Crippen LogP contribution in [0.1, 0.15) is 32.3 Å². The average molecular weight is 320 g/mol. The van der Waals surface area contributed by atoms with Gasteiger partial charge in [0, 0.05) is 12.0 Å². The van der Waals surface area contributed by atoms with Gasteiger partial charge in [-0.1, -0.05) is 44.2 Å². The Kier molecular flexibility index (Phi) is 5.26. The Bertz CT molecular complexity index is 559. The van der Waals surface area contributed by atoms with E-state index in [1.165, 1.54) is 0 Å². The molecule has 0 bridgehead atoms. The number of amides is 1. The van der Waals surface area contributed by atoms with Gasteiger partial charge < -0.3 is 20.5 Å². The van der Waals surface area contributed by atoms with E-state index in [1.807, 2.05) is 44.2 Å². The highest BCUT2D eigenvalue weighted by atomic mass is 16.5. The van der Waals surface area contributed by atoms with E-state index in [0.717, 1.165) is 5.56 Å². The van der Waals surface area contributed by atoms with Crippen molar-refractivity contribution in [3.05, 3.63) is 35.9 Å². The number of hydrogen-bond acceptors (Lipinski definition) is 4. The minimum absolute atomic E-state index is 0.123. The quantitative estimate of drug-likeness (QED) is 0.774. The molecule has 1 unspecified atom stereocenters. The van der Waals surface area contributed by atoms with Crippen molar-refractivity contribution in [1.82, 2.24) is 10.6 Å². The molecule has 1 atom stereocenters. The van der Waals surface area contributed by atoms with Gasteiger partial charge in [0.15, 0.2) is 0 Å². The average Bonchev–Trinajstić information content (AvgIpc) is 2.49. The van der Waals surface area contributed by atoms with Crippen LogP contribution in [0.5, 0.6) is 0 Å². The summed E-state index contributed by atoms with van der Waals surface area (Å²) in [5.74, 6) is -0.927. The van der Waals surface area contributed by atoms with Gasteiger partial charge in [0.1, 0.15) is 6.61 Å². The lowest BCUT2D eigenvalue weighted by atomic mass is 9.66. The van der Waals surface area contributed by atoms with Crippen LogP contribution in [0.25, 0.3) is 0 Å². The number of carbonyl (C=O) groups excluding carboxylic acids is 1. The Morgan fingerprint density at radius 1 is 1.30 bits per heavy atom. The van der Waals surface area contributed by atoms with Crippen LogP contribution in [0, 0.1) is 5.41 Å². The highest BCUT2D eigenvalue weighted by Gasteiger charge is 2.49. The fraction of sp³-hybridized carbons (Fsp3) is 0.529. The molecule has 1 aliphatic rings. The summed E-state index contributed by atoms with van der Waals surface area (Å²) in [7, 11) is 0. The van der Waals surface area contributed by atoms with Crippen LogP contribution in [-0.2, 0) is 16.1 Å². The van der Waals surface area contributed by atoms with E-state index in [9.17, 15) is 14.7 Å². The zero-order chi connectivity index (χ0) is 16.9. The van der Waals surface area contributed by atoms with Crippen LogP contribution < -0.4 is 10.6 Å². The molecule has 0 radical (unpaired) electrons. The molecule has 6 heteroatoms. The van der Waals surface area contributed by atoms with Gasteiger partial charge in [-0.05, 0) is 18.5 Å². The number of benzene rings is 1. The molecule has 1 heterocycles. The van der Waals surface area contributed by atoms with Gasteiger partial charge in [-0.3, -0.25) is 4.79 Å². The maximum atomic E-state index is 12.2. The first-order chi connectivity index (χ1) is 10.8. The van der Waals surface area contributed by atoms with Gasteiger partial charge >= 0.3 is 12.1 Å². The molecule has 0 saturated carbocycles. The second kappa shape index (κ2) is 7.00.